The summed E-state index contributed by atoms with van der Waals surface area (Å²) in [6.07, 6.45) is 36.7. The van der Waals surface area contributed by atoms with Gasteiger partial charge < -0.3 is 27.9 Å². The van der Waals surface area contributed by atoms with Gasteiger partial charge >= 0.3 is 11.9 Å². The summed E-state index contributed by atoms with van der Waals surface area (Å²) >= 11 is 0. The molecular formula is C43H84NO8P. The Labute approximate surface area is 326 Å². The Balaban J connectivity index is 4.38. The molecule has 0 fully saturated rings. The number of carbonyl (C=O) groups is 2. The number of hydrogen-bond acceptors (Lipinski definition) is 8. The molecule has 0 saturated heterocycles. The molecule has 0 N–H and O–H groups in total. The Morgan fingerprint density at radius 3 is 1.47 bits per heavy atom. The van der Waals surface area contributed by atoms with E-state index in [1.165, 1.54) is 135 Å². The first kappa shape index (κ1) is 51.8. The second-order valence-corrected chi connectivity index (χ2v) is 17.5. The molecular weight excluding hydrogens is 689 g/mol. The number of nitrogens with zero attached hydrogens (tertiary/aromatic N) is 1. The first-order valence-electron chi connectivity index (χ1n) is 21.9. The number of unbranched alkanes of at least 4 members (excludes halogenated alkanes) is 24. The highest BCUT2D eigenvalue weighted by molar-refractivity contribution is 7.45. The van der Waals surface area contributed by atoms with Gasteiger partial charge in [0, 0.05) is 12.8 Å². The number of phosphoric ester groups is 1. The molecule has 53 heavy (non-hydrogen) atoms. The van der Waals surface area contributed by atoms with Crippen molar-refractivity contribution in [3.05, 3.63) is 12.2 Å². The van der Waals surface area contributed by atoms with Gasteiger partial charge in [0.15, 0.2) is 6.10 Å². The number of rotatable bonds is 40. The van der Waals surface area contributed by atoms with Gasteiger partial charge in [-0.25, -0.2) is 0 Å². The average molecular weight is 774 g/mol. The van der Waals surface area contributed by atoms with Crippen molar-refractivity contribution < 1.29 is 42.1 Å². The number of esters is 2. The topological polar surface area (TPSA) is 111 Å². The first-order valence-corrected chi connectivity index (χ1v) is 23.4. The van der Waals surface area contributed by atoms with Gasteiger partial charge in [-0.3, -0.25) is 14.2 Å². The molecule has 314 valence electrons. The highest BCUT2D eigenvalue weighted by atomic mass is 31.2. The number of phosphoric acid groups is 1. The largest absolute Gasteiger partial charge is 0.756 e. The maximum Gasteiger partial charge on any atom is 0.306 e. The number of carbonyl (C=O) groups excluding carboxylic acids is 2. The Morgan fingerprint density at radius 2 is 1.00 bits per heavy atom. The lowest BCUT2D eigenvalue weighted by Gasteiger charge is -2.28. The van der Waals surface area contributed by atoms with Crippen molar-refractivity contribution in [2.75, 3.05) is 47.5 Å². The van der Waals surface area contributed by atoms with E-state index in [0.29, 0.717) is 23.9 Å². The van der Waals surface area contributed by atoms with Crippen LogP contribution in [0.5, 0.6) is 0 Å². The van der Waals surface area contributed by atoms with Crippen molar-refractivity contribution in [3.63, 3.8) is 0 Å². The van der Waals surface area contributed by atoms with Crippen molar-refractivity contribution in [1.29, 1.82) is 0 Å². The number of likely N-dealkylation sites (N-methyl/N-ethyl adjacent to an activating group) is 1. The maximum atomic E-state index is 12.6. The summed E-state index contributed by atoms with van der Waals surface area (Å²) in [6.45, 7) is 4.20. The zero-order valence-corrected chi connectivity index (χ0v) is 36.1. The fourth-order valence-corrected chi connectivity index (χ4v) is 6.81. The predicted molar refractivity (Wildman–Crippen MR) is 218 cm³/mol. The molecule has 9 nitrogen and oxygen atoms in total. The lowest BCUT2D eigenvalue weighted by molar-refractivity contribution is -0.870. The summed E-state index contributed by atoms with van der Waals surface area (Å²) in [4.78, 5) is 37.4. The van der Waals surface area contributed by atoms with Crippen LogP contribution >= 0.6 is 7.82 Å². The van der Waals surface area contributed by atoms with Gasteiger partial charge in [0.1, 0.15) is 19.8 Å². The SMILES string of the molecule is CCCCCCCCCCCCC/C=C/CCC(=O)OC[C@H](COP(=O)([O-])OCC[N+](C)(C)C)OC(=O)CCCCCCCCCCCCCCCC. The van der Waals surface area contributed by atoms with E-state index in [-0.39, 0.29) is 26.1 Å². The van der Waals surface area contributed by atoms with Crippen LogP contribution in [0.15, 0.2) is 12.2 Å². The molecule has 0 radical (unpaired) electrons. The van der Waals surface area contributed by atoms with Crippen LogP contribution in [0.4, 0.5) is 0 Å². The highest BCUT2D eigenvalue weighted by Crippen LogP contribution is 2.38. The Kier molecular flexibility index (Phi) is 35.5. The Morgan fingerprint density at radius 1 is 0.566 bits per heavy atom. The van der Waals surface area contributed by atoms with Crippen LogP contribution < -0.4 is 4.89 Å². The van der Waals surface area contributed by atoms with Crippen molar-refractivity contribution >= 4 is 19.8 Å². The van der Waals surface area contributed by atoms with Crippen molar-refractivity contribution in [1.82, 2.24) is 0 Å². The predicted octanol–water partition coefficient (Wildman–Crippen LogP) is 11.6. The zero-order valence-electron chi connectivity index (χ0n) is 35.2. The molecule has 0 aliphatic carbocycles. The van der Waals surface area contributed by atoms with E-state index in [9.17, 15) is 19.0 Å². The summed E-state index contributed by atoms with van der Waals surface area (Å²) < 4.78 is 33.8. The lowest BCUT2D eigenvalue weighted by atomic mass is 10.0. The molecule has 0 aromatic carbocycles. The molecule has 10 heteroatoms. The lowest BCUT2D eigenvalue weighted by Crippen LogP contribution is -2.37. The third kappa shape index (κ3) is 40.2. The van der Waals surface area contributed by atoms with Gasteiger partial charge in [-0.15, -0.1) is 0 Å². The minimum Gasteiger partial charge on any atom is -0.756 e. The van der Waals surface area contributed by atoms with E-state index >= 15 is 0 Å². The van der Waals surface area contributed by atoms with Gasteiger partial charge in [-0.2, -0.15) is 0 Å². The zero-order chi connectivity index (χ0) is 39.3. The average Bonchev–Trinajstić information content (AvgIpc) is 3.10. The van der Waals surface area contributed by atoms with E-state index in [0.717, 1.165) is 25.7 Å². The van der Waals surface area contributed by atoms with Gasteiger partial charge in [-0.1, -0.05) is 174 Å². The fraction of sp³-hybridized carbons (Fsp3) is 0.907. The summed E-state index contributed by atoms with van der Waals surface area (Å²) in [5.74, 6) is -0.882. The standard InChI is InChI=1S/C43H84NO8P/c1-6-8-10-12-14-16-18-20-22-24-25-27-29-31-33-35-42(45)49-39-41(40-51-53(47,48)50-38-37-44(3,4)5)52-43(46)36-34-32-30-28-26-23-21-19-17-15-13-11-9-7-2/h29,31,41H,6-28,30,32-40H2,1-5H3/b31-29+/t41-/m1/s1. The maximum absolute atomic E-state index is 12.6. The fourth-order valence-electron chi connectivity index (χ4n) is 6.08. The molecule has 0 aliphatic rings. The van der Waals surface area contributed by atoms with Crippen LogP contribution in [0.3, 0.4) is 0 Å². The second kappa shape index (κ2) is 36.4. The highest BCUT2D eigenvalue weighted by Gasteiger charge is 2.21. The molecule has 0 aromatic rings. The first-order chi connectivity index (χ1) is 25.5. The molecule has 2 atom stereocenters. The van der Waals surface area contributed by atoms with E-state index in [4.69, 9.17) is 18.5 Å². The minimum absolute atomic E-state index is 0.0321. The second-order valence-electron chi connectivity index (χ2n) is 16.1. The summed E-state index contributed by atoms with van der Waals surface area (Å²) in [6, 6.07) is 0. The summed E-state index contributed by atoms with van der Waals surface area (Å²) in [5.41, 5.74) is 0. The number of quaternary nitrogens is 1. The smallest absolute Gasteiger partial charge is 0.306 e. The molecule has 0 bridgehead atoms. The molecule has 0 aromatic heterocycles. The molecule has 0 heterocycles. The minimum atomic E-state index is -4.62. The van der Waals surface area contributed by atoms with Crippen molar-refractivity contribution in [2.45, 2.75) is 206 Å². The van der Waals surface area contributed by atoms with E-state index in [1.807, 2.05) is 27.2 Å². The third-order valence-corrected chi connectivity index (χ3v) is 10.5. The van der Waals surface area contributed by atoms with E-state index in [1.54, 1.807) is 0 Å². The molecule has 1 unspecified atom stereocenters. The summed E-state index contributed by atoms with van der Waals surface area (Å²) in [5, 5.41) is 0. The number of allylic oxidation sites excluding steroid dienone is 2. The third-order valence-electron chi connectivity index (χ3n) is 9.55. The molecule has 0 spiro atoms. The Bertz CT molecular complexity index is 922. The van der Waals surface area contributed by atoms with Crippen LogP contribution in [-0.4, -0.2) is 70.0 Å². The quantitative estimate of drug-likeness (QED) is 0.0199. The molecule has 0 saturated carbocycles. The van der Waals surface area contributed by atoms with Gasteiger partial charge in [0.25, 0.3) is 7.82 Å². The number of hydrogen-bond donors (Lipinski definition) is 0. The Hall–Kier alpha value is -1.25. The molecule has 0 rings (SSSR count). The van der Waals surface area contributed by atoms with E-state index < -0.39 is 32.5 Å². The summed E-state index contributed by atoms with van der Waals surface area (Å²) in [7, 11) is 1.16. The van der Waals surface area contributed by atoms with Gasteiger partial charge in [0.05, 0.1) is 27.7 Å². The normalized spacial score (nSPS) is 13.7. The van der Waals surface area contributed by atoms with Crippen LogP contribution in [0.25, 0.3) is 0 Å². The van der Waals surface area contributed by atoms with Crippen LogP contribution in [0.2, 0.25) is 0 Å². The van der Waals surface area contributed by atoms with E-state index in [2.05, 4.69) is 19.9 Å². The van der Waals surface area contributed by atoms with Crippen LogP contribution in [-0.2, 0) is 32.7 Å². The molecule has 0 amide bonds. The molecule has 0 aliphatic heterocycles. The number of ether oxygens (including phenoxy) is 2. The van der Waals surface area contributed by atoms with Gasteiger partial charge in [-0.05, 0) is 25.7 Å². The van der Waals surface area contributed by atoms with Crippen LogP contribution in [0.1, 0.15) is 200 Å². The van der Waals surface area contributed by atoms with Crippen molar-refractivity contribution in [3.8, 4) is 0 Å². The van der Waals surface area contributed by atoms with Crippen LogP contribution in [0, 0.1) is 0 Å². The monoisotopic (exact) mass is 774 g/mol. The van der Waals surface area contributed by atoms with Crippen molar-refractivity contribution in [2.24, 2.45) is 0 Å². The van der Waals surface area contributed by atoms with Gasteiger partial charge in [0.2, 0.25) is 0 Å².